The van der Waals surface area contributed by atoms with Gasteiger partial charge < -0.3 is 4.98 Å². The predicted molar refractivity (Wildman–Crippen MR) is 67.7 cm³/mol. The number of halogens is 1. The van der Waals surface area contributed by atoms with Crippen LogP contribution in [-0.4, -0.2) is 41.7 Å². The number of alkyl halides is 1. The third-order valence-electron chi connectivity index (χ3n) is 2.47. The fraction of sp³-hybridized carbons (Fsp3) is 0.700. The molecule has 1 atom stereocenters. The Morgan fingerprint density at radius 3 is 2.71 bits per heavy atom. The van der Waals surface area contributed by atoms with Crippen LogP contribution in [0.5, 0.6) is 0 Å². The number of aromatic amines is 1. The van der Waals surface area contributed by atoms with Crippen molar-refractivity contribution in [1.29, 1.82) is 0 Å². The molecule has 0 fully saturated rings. The van der Waals surface area contributed by atoms with Gasteiger partial charge in [-0.1, -0.05) is 6.92 Å². The molecule has 1 heterocycles. The SMILES string of the molecule is CCc1ncc(S(=O)(=O)N(C)CCC(C)Cl)[nH]1. The molecule has 98 valence electrons. The van der Waals surface area contributed by atoms with Crippen LogP contribution < -0.4 is 0 Å². The predicted octanol–water partition coefficient (Wildman–Crippen LogP) is 1.61. The van der Waals surface area contributed by atoms with Crippen LogP contribution in [0.15, 0.2) is 11.2 Å². The average molecular weight is 280 g/mol. The first kappa shape index (κ1) is 14.5. The highest BCUT2D eigenvalue weighted by Gasteiger charge is 2.22. The molecule has 1 aromatic rings. The van der Waals surface area contributed by atoms with Crippen molar-refractivity contribution in [2.24, 2.45) is 0 Å². The number of imidazole rings is 1. The van der Waals surface area contributed by atoms with Crippen LogP contribution in [0.2, 0.25) is 0 Å². The van der Waals surface area contributed by atoms with Crippen LogP contribution in [0, 0.1) is 0 Å². The van der Waals surface area contributed by atoms with Gasteiger partial charge in [0.25, 0.3) is 10.0 Å². The summed E-state index contributed by atoms with van der Waals surface area (Å²) in [5.74, 6) is 0.669. The summed E-state index contributed by atoms with van der Waals surface area (Å²) in [6, 6.07) is 0. The maximum atomic E-state index is 12.1. The van der Waals surface area contributed by atoms with E-state index >= 15 is 0 Å². The van der Waals surface area contributed by atoms with E-state index in [0.717, 1.165) is 0 Å². The number of nitrogens with one attached hydrogen (secondary N) is 1. The molecule has 0 aliphatic carbocycles. The summed E-state index contributed by atoms with van der Waals surface area (Å²) < 4.78 is 25.5. The van der Waals surface area contributed by atoms with Crippen molar-refractivity contribution >= 4 is 21.6 Å². The minimum atomic E-state index is -3.47. The monoisotopic (exact) mass is 279 g/mol. The molecule has 0 aromatic carbocycles. The van der Waals surface area contributed by atoms with E-state index in [2.05, 4.69) is 9.97 Å². The molecule has 0 aliphatic heterocycles. The number of hydrogen-bond acceptors (Lipinski definition) is 3. The number of hydrogen-bond donors (Lipinski definition) is 1. The van der Waals surface area contributed by atoms with Crippen molar-refractivity contribution in [2.45, 2.75) is 37.1 Å². The molecule has 7 heteroatoms. The number of sulfonamides is 1. The second kappa shape index (κ2) is 5.84. The molecule has 0 saturated carbocycles. The number of H-pyrrole nitrogens is 1. The highest BCUT2D eigenvalue weighted by molar-refractivity contribution is 7.89. The Hall–Kier alpha value is -0.590. The van der Waals surface area contributed by atoms with Gasteiger partial charge in [-0.15, -0.1) is 11.6 Å². The topological polar surface area (TPSA) is 66.1 Å². The molecule has 0 saturated heterocycles. The highest BCUT2D eigenvalue weighted by atomic mass is 35.5. The third kappa shape index (κ3) is 3.69. The quantitative estimate of drug-likeness (QED) is 0.805. The summed E-state index contributed by atoms with van der Waals surface area (Å²) in [5, 5.41) is 0.0969. The summed E-state index contributed by atoms with van der Waals surface area (Å²) >= 11 is 5.80. The average Bonchev–Trinajstić information content (AvgIpc) is 2.74. The molecule has 0 spiro atoms. The van der Waals surface area contributed by atoms with Gasteiger partial charge in [0.05, 0.1) is 6.20 Å². The molecule has 1 unspecified atom stereocenters. The zero-order chi connectivity index (χ0) is 13.1. The molecule has 1 rings (SSSR count). The summed E-state index contributed by atoms with van der Waals surface area (Å²) in [5.41, 5.74) is 0. The lowest BCUT2D eigenvalue weighted by molar-refractivity contribution is 0.458. The van der Waals surface area contributed by atoms with Crippen LogP contribution in [-0.2, 0) is 16.4 Å². The van der Waals surface area contributed by atoms with Gasteiger partial charge in [-0.25, -0.2) is 13.4 Å². The molecule has 0 bridgehead atoms. The van der Waals surface area contributed by atoms with E-state index in [-0.39, 0.29) is 10.4 Å². The van der Waals surface area contributed by atoms with Crippen molar-refractivity contribution in [1.82, 2.24) is 14.3 Å². The second-order valence-corrected chi connectivity index (χ2v) is 6.70. The molecule has 5 nitrogen and oxygen atoms in total. The lowest BCUT2D eigenvalue weighted by Crippen LogP contribution is -2.29. The summed E-state index contributed by atoms with van der Waals surface area (Å²) in [4.78, 5) is 6.79. The second-order valence-electron chi connectivity index (χ2n) is 3.94. The molecule has 17 heavy (non-hydrogen) atoms. The van der Waals surface area contributed by atoms with Crippen molar-refractivity contribution in [2.75, 3.05) is 13.6 Å². The van der Waals surface area contributed by atoms with Gasteiger partial charge in [0.2, 0.25) is 0 Å². The van der Waals surface area contributed by atoms with Gasteiger partial charge in [0.15, 0.2) is 5.03 Å². The first-order valence-corrected chi connectivity index (χ1v) is 7.39. The molecule has 1 aromatic heterocycles. The summed E-state index contributed by atoms with van der Waals surface area (Å²) in [6.45, 7) is 4.15. The Kier molecular flexibility index (Phi) is 4.97. The number of nitrogens with zero attached hydrogens (tertiary/aromatic N) is 2. The number of aromatic nitrogens is 2. The normalized spacial score (nSPS) is 14.2. The zero-order valence-corrected chi connectivity index (χ0v) is 11.8. The fourth-order valence-corrected chi connectivity index (χ4v) is 2.51. The highest BCUT2D eigenvalue weighted by Crippen LogP contribution is 2.13. The number of rotatable bonds is 6. The van der Waals surface area contributed by atoms with Gasteiger partial charge in [-0.2, -0.15) is 4.31 Å². The van der Waals surface area contributed by atoms with E-state index in [9.17, 15) is 8.42 Å². The van der Waals surface area contributed by atoms with E-state index in [4.69, 9.17) is 11.6 Å². The lowest BCUT2D eigenvalue weighted by atomic mass is 10.3. The Morgan fingerprint density at radius 2 is 2.24 bits per heavy atom. The molecule has 0 radical (unpaired) electrons. The van der Waals surface area contributed by atoms with Crippen LogP contribution in [0.3, 0.4) is 0 Å². The Balaban J connectivity index is 2.79. The maximum absolute atomic E-state index is 12.1. The van der Waals surface area contributed by atoms with Gasteiger partial charge >= 0.3 is 0 Å². The minimum Gasteiger partial charge on any atom is -0.332 e. The summed E-state index contributed by atoms with van der Waals surface area (Å²) in [6.07, 6.45) is 2.65. The molecular formula is C10H18ClN3O2S. The molecule has 0 amide bonds. The first-order valence-electron chi connectivity index (χ1n) is 5.52. The van der Waals surface area contributed by atoms with E-state index < -0.39 is 10.0 Å². The van der Waals surface area contributed by atoms with Gasteiger partial charge in [0, 0.05) is 25.4 Å². The van der Waals surface area contributed by atoms with Crippen molar-refractivity contribution < 1.29 is 8.42 Å². The lowest BCUT2D eigenvalue weighted by Gasteiger charge is -2.16. The minimum absolute atomic E-state index is 0.0411. The van der Waals surface area contributed by atoms with E-state index in [1.165, 1.54) is 10.5 Å². The summed E-state index contributed by atoms with van der Waals surface area (Å²) in [7, 11) is -1.92. The Morgan fingerprint density at radius 1 is 1.59 bits per heavy atom. The molecular weight excluding hydrogens is 262 g/mol. The fourth-order valence-electron chi connectivity index (χ4n) is 1.30. The Bertz CT molecular complexity index is 456. The van der Waals surface area contributed by atoms with E-state index in [1.807, 2.05) is 13.8 Å². The van der Waals surface area contributed by atoms with Crippen LogP contribution >= 0.6 is 11.6 Å². The van der Waals surface area contributed by atoms with Crippen molar-refractivity contribution in [3.8, 4) is 0 Å². The van der Waals surface area contributed by atoms with Crippen molar-refractivity contribution in [3.05, 3.63) is 12.0 Å². The zero-order valence-electron chi connectivity index (χ0n) is 10.3. The smallest absolute Gasteiger partial charge is 0.259 e. The van der Waals surface area contributed by atoms with Gasteiger partial charge in [-0.05, 0) is 13.3 Å². The standard InChI is InChI=1S/C10H18ClN3O2S/c1-4-9-12-7-10(13-9)17(15,16)14(3)6-5-8(2)11/h7-8H,4-6H2,1-3H3,(H,12,13). The van der Waals surface area contributed by atoms with Crippen LogP contribution in [0.1, 0.15) is 26.1 Å². The van der Waals surface area contributed by atoms with Gasteiger partial charge in [0.1, 0.15) is 5.82 Å². The van der Waals surface area contributed by atoms with E-state index in [1.54, 1.807) is 7.05 Å². The van der Waals surface area contributed by atoms with Crippen molar-refractivity contribution in [3.63, 3.8) is 0 Å². The molecule has 0 aliphatic rings. The van der Waals surface area contributed by atoms with Gasteiger partial charge in [-0.3, -0.25) is 0 Å². The molecule has 1 N–H and O–H groups in total. The Labute approximate surface area is 107 Å². The van der Waals surface area contributed by atoms with Crippen LogP contribution in [0.25, 0.3) is 0 Å². The largest absolute Gasteiger partial charge is 0.332 e. The van der Waals surface area contributed by atoms with Crippen LogP contribution in [0.4, 0.5) is 0 Å². The maximum Gasteiger partial charge on any atom is 0.259 e. The third-order valence-corrected chi connectivity index (χ3v) is 4.45. The number of aryl methyl sites for hydroxylation is 1. The van der Waals surface area contributed by atoms with E-state index in [0.29, 0.717) is 25.2 Å². The first-order chi connectivity index (χ1) is 7.87.